The fourth-order valence-electron chi connectivity index (χ4n) is 1.25. The Balaban J connectivity index is 2.65. The SMILES string of the molecule is CC(CC(N)=O)NC(=O)c1cc[nH]c(=O)c1. The monoisotopic (exact) mass is 223 g/mol. The van der Waals surface area contributed by atoms with Crippen LogP contribution in [0.2, 0.25) is 0 Å². The summed E-state index contributed by atoms with van der Waals surface area (Å²) in [6.07, 6.45) is 1.45. The van der Waals surface area contributed by atoms with E-state index in [4.69, 9.17) is 5.73 Å². The third kappa shape index (κ3) is 3.56. The van der Waals surface area contributed by atoms with Gasteiger partial charge in [-0.15, -0.1) is 0 Å². The van der Waals surface area contributed by atoms with Crippen molar-refractivity contribution < 1.29 is 9.59 Å². The normalized spacial score (nSPS) is 11.8. The van der Waals surface area contributed by atoms with Gasteiger partial charge in [-0.2, -0.15) is 0 Å². The van der Waals surface area contributed by atoms with E-state index in [9.17, 15) is 14.4 Å². The van der Waals surface area contributed by atoms with Gasteiger partial charge in [0, 0.05) is 30.3 Å². The number of H-pyrrole nitrogens is 1. The maximum Gasteiger partial charge on any atom is 0.251 e. The average molecular weight is 223 g/mol. The molecule has 0 spiro atoms. The van der Waals surface area contributed by atoms with Crippen molar-refractivity contribution in [2.45, 2.75) is 19.4 Å². The van der Waals surface area contributed by atoms with Crippen LogP contribution in [0.1, 0.15) is 23.7 Å². The minimum absolute atomic E-state index is 0.0644. The zero-order valence-electron chi connectivity index (χ0n) is 8.82. The van der Waals surface area contributed by atoms with Crippen molar-refractivity contribution >= 4 is 11.8 Å². The first-order chi connectivity index (χ1) is 7.49. The molecule has 1 heterocycles. The number of nitrogens with two attached hydrogens (primary N) is 1. The molecule has 16 heavy (non-hydrogen) atoms. The second-order valence-electron chi connectivity index (χ2n) is 3.49. The Hall–Kier alpha value is -2.11. The number of rotatable bonds is 4. The van der Waals surface area contributed by atoms with E-state index >= 15 is 0 Å². The Morgan fingerprint density at radius 3 is 2.81 bits per heavy atom. The van der Waals surface area contributed by atoms with E-state index in [0.29, 0.717) is 0 Å². The van der Waals surface area contributed by atoms with E-state index in [0.717, 1.165) is 0 Å². The van der Waals surface area contributed by atoms with Gasteiger partial charge in [0.2, 0.25) is 11.5 Å². The molecule has 0 saturated carbocycles. The number of aromatic amines is 1. The van der Waals surface area contributed by atoms with Crippen molar-refractivity contribution in [1.29, 1.82) is 0 Å². The molecule has 0 aliphatic rings. The number of aromatic nitrogens is 1. The molecule has 0 aliphatic heterocycles. The molecule has 4 N–H and O–H groups in total. The van der Waals surface area contributed by atoms with Gasteiger partial charge < -0.3 is 16.0 Å². The highest BCUT2D eigenvalue weighted by Crippen LogP contribution is 1.96. The summed E-state index contributed by atoms with van der Waals surface area (Å²) in [5.74, 6) is -0.890. The van der Waals surface area contributed by atoms with E-state index < -0.39 is 11.8 Å². The van der Waals surface area contributed by atoms with E-state index in [2.05, 4.69) is 10.3 Å². The van der Waals surface area contributed by atoms with Gasteiger partial charge in [-0.3, -0.25) is 14.4 Å². The number of carbonyl (C=O) groups excluding carboxylic acids is 2. The fraction of sp³-hybridized carbons (Fsp3) is 0.300. The predicted molar refractivity (Wildman–Crippen MR) is 57.8 cm³/mol. The van der Waals surface area contributed by atoms with Gasteiger partial charge in [0.1, 0.15) is 0 Å². The summed E-state index contributed by atoms with van der Waals surface area (Å²) in [5.41, 5.74) is 4.89. The second-order valence-corrected chi connectivity index (χ2v) is 3.49. The maximum atomic E-state index is 11.6. The summed E-state index contributed by atoms with van der Waals surface area (Å²) in [6.45, 7) is 1.66. The zero-order valence-corrected chi connectivity index (χ0v) is 8.82. The first-order valence-corrected chi connectivity index (χ1v) is 4.77. The Morgan fingerprint density at radius 2 is 2.25 bits per heavy atom. The van der Waals surface area contributed by atoms with Crippen LogP contribution in [0, 0.1) is 0 Å². The number of carbonyl (C=O) groups is 2. The van der Waals surface area contributed by atoms with E-state index in [1.165, 1.54) is 18.3 Å². The van der Waals surface area contributed by atoms with Crippen LogP contribution in [0.4, 0.5) is 0 Å². The van der Waals surface area contributed by atoms with Crippen molar-refractivity contribution in [2.24, 2.45) is 5.73 Å². The summed E-state index contributed by atoms with van der Waals surface area (Å²) in [7, 11) is 0. The van der Waals surface area contributed by atoms with E-state index in [-0.39, 0.29) is 23.6 Å². The highest BCUT2D eigenvalue weighted by Gasteiger charge is 2.11. The van der Waals surface area contributed by atoms with Crippen molar-refractivity contribution in [2.75, 3.05) is 0 Å². The summed E-state index contributed by atoms with van der Waals surface area (Å²) >= 11 is 0. The first kappa shape index (κ1) is 12.0. The number of hydrogen-bond acceptors (Lipinski definition) is 3. The van der Waals surface area contributed by atoms with Crippen molar-refractivity contribution in [3.8, 4) is 0 Å². The molecule has 1 unspecified atom stereocenters. The van der Waals surface area contributed by atoms with Gasteiger partial charge in [0.25, 0.3) is 5.91 Å². The average Bonchev–Trinajstić information content (AvgIpc) is 2.16. The minimum atomic E-state index is -0.487. The molecule has 0 fully saturated rings. The molecule has 0 saturated heterocycles. The van der Waals surface area contributed by atoms with Crippen LogP contribution in [0.3, 0.4) is 0 Å². The molecular weight excluding hydrogens is 210 g/mol. The molecule has 0 aliphatic carbocycles. The fourth-order valence-corrected chi connectivity index (χ4v) is 1.25. The standard InChI is InChI=1S/C10H13N3O3/c1-6(4-8(11)14)13-10(16)7-2-3-12-9(15)5-7/h2-3,5-6H,4H2,1H3,(H2,11,14)(H,12,15)(H,13,16). The summed E-state index contributed by atoms with van der Waals surface area (Å²) in [5, 5.41) is 2.56. The van der Waals surface area contributed by atoms with Crippen LogP contribution in [-0.4, -0.2) is 22.8 Å². The van der Waals surface area contributed by atoms with Crippen LogP contribution in [0.5, 0.6) is 0 Å². The Kier molecular flexibility index (Phi) is 3.82. The van der Waals surface area contributed by atoms with Crippen LogP contribution in [0.15, 0.2) is 23.1 Å². The van der Waals surface area contributed by atoms with Crippen LogP contribution in [-0.2, 0) is 4.79 Å². The summed E-state index contributed by atoms with van der Waals surface area (Å²) in [4.78, 5) is 35.5. The molecule has 2 amide bonds. The molecule has 0 bridgehead atoms. The van der Waals surface area contributed by atoms with Gasteiger partial charge in [0.05, 0.1) is 0 Å². The molecule has 86 valence electrons. The van der Waals surface area contributed by atoms with Crippen molar-refractivity contribution in [1.82, 2.24) is 10.3 Å². The van der Waals surface area contributed by atoms with Gasteiger partial charge in [-0.1, -0.05) is 0 Å². The Labute approximate surface area is 91.9 Å². The Morgan fingerprint density at radius 1 is 1.56 bits per heavy atom. The van der Waals surface area contributed by atoms with E-state index in [1.807, 2.05) is 0 Å². The highest BCUT2D eigenvalue weighted by molar-refractivity contribution is 5.94. The van der Waals surface area contributed by atoms with Gasteiger partial charge in [0.15, 0.2) is 0 Å². The molecule has 1 aromatic heterocycles. The number of pyridine rings is 1. The van der Waals surface area contributed by atoms with Crippen molar-refractivity contribution in [3.63, 3.8) is 0 Å². The smallest absolute Gasteiger partial charge is 0.251 e. The zero-order chi connectivity index (χ0) is 12.1. The number of primary amides is 1. The lowest BCUT2D eigenvalue weighted by Crippen LogP contribution is -2.36. The molecule has 1 aromatic rings. The van der Waals surface area contributed by atoms with Gasteiger partial charge in [-0.25, -0.2) is 0 Å². The quantitative estimate of drug-likeness (QED) is 0.632. The lowest BCUT2D eigenvalue weighted by molar-refractivity contribution is -0.118. The van der Waals surface area contributed by atoms with Crippen LogP contribution in [0.25, 0.3) is 0 Å². The number of amides is 2. The van der Waals surface area contributed by atoms with Crippen molar-refractivity contribution in [3.05, 3.63) is 34.2 Å². The molecular formula is C10H13N3O3. The first-order valence-electron chi connectivity index (χ1n) is 4.77. The number of hydrogen-bond donors (Lipinski definition) is 3. The van der Waals surface area contributed by atoms with E-state index in [1.54, 1.807) is 6.92 Å². The summed E-state index contributed by atoms with van der Waals surface area (Å²) in [6, 6.07) is 2.31. The maximum absolute atomic E-state index is 11.6. The molecule has 0 radical (unpaired) electrons. The lowest BCUT2D eigenvalue weighted by Gasteiger charge is -2.11. The Bertz CT molecular complexity index is 453. The molecule has 0 aromatic carbocycles. The summed E-state index contributed by atoms with van der Waals surface area (Å²) < 4.78 is 0. The third-order valence-corrected chi connectivity index (χ3v) is 1.92. The molecule has 6 nitrogen and oxygen atoms in total. The van der Waals surface area contributed by atoms with Crippen LogP contribution >= 0.6 is 0 Å². The predicted octanol–water partition coefficient (Wildman–Crippen LogP) is -0.631. The van der Waals surface area contributed by atoms with Crippen LogP contribution < -0.4 is 16.6 Å². The highest BCUT2D eigenvalue weighted by atomic mass is 16.2. The largest absolute Gasteiger partial charge is 0.370 e. The topological polar surface area (TPSA) is 105 Å². The molecule has 6 heteroatoms. The molecule has 1 atom stereocenters. The number of nitrogens with one attached hydrogen (secondary N) is 2. The minimum Gasteiger partial charge on any atom is -0.370 e. The van der Waals surface area contributed by atoms with Gasteiger partial charge in [-0.05, 0) is 13.0 Å². The molecule has 1 rings (SSSR count). The second kappa shape index (κ2) is 5.11. The lowest BCUT2D eigenvalue weighted by atomic mass is 10.2. The van der Waals surface area contributed by atoms with Gasteiger partial charge >= 0.3 is 0 Å². The third-order valence-electron chi connectivity index (χ3n) is 1.92.